The second kappa shape index (κ2) is 20.3. The summed E-state index contributed by atoms with van der Waals surface area (Å²) in [5.41, 5.74) is -1.95. The zero-order valence-electron chi connectivity index (χ0n) is 39.2. The first-order valence-electron chi connectivity index (χ1n) is 22.4. The van der Waals surface area contributed by atoms with Crippen LogP contribution in [-0.4, -0.2) is 149 Å². The maximum atomic E-state index is 15.0. The van der Waals surface area contributed by atoms with Crippen molar-refractivity contribution in [3.8, 4) is 0 Å². The molecule has 4 aliphatic heterocycles. The average molecular weight is 909 g/mol. The second-order valence-electron chi connectivity index (χ2n) is 18.9. The van der Waals surface area contributed by atoms with Crippen molar-refractivity contribution < 1.29 is 62.2 Å². The summed E-state index contributed by atoms with van der Waals surface area (Å²) in [5, 5.41) is 12.5. The Kier molecular flexibility index (Phi) is 16.3. The Hall–Kier alpha value is -3.54. The summed E-state index contributed by atoms with van der Waals surface area (Å²) < 4.78 is 43.4. The lowest BCUT2D eigenvalue weighted by Crippen LogP contribution is -2.61. The van der Waals surface area contributed by atoms with Crippen LogP contribution in [0.15, 0.2) is 24.3 Å². The van der Waals surface area contributed by atoms with Gasteiger partial charge in [-0.15, -0.1) is 0 Å². The zero-order chi connectivity index (χ0) is 46.9. The number of likely N-dealkylation sites (N-methyl/N-ethyl adjacent to an activating group) is 1. The Morgan fingerprint density at radius 3 is 2.24 bits per heavy atom. The predicted molar refractivity (Wildman–Crippen MR) is 232 cm³/mol. The molecule has 0 radical (unpaired) electrons. The van der Waals surface area contributed by atoms with Gasteiger partial charge in [-0.3, -0.25) is 19.4 Å². The van der Waals surface area contributed by atoms with Gasteiger partial charge in [-0.1, -0.05) is 51.4 Å². The molecule has 15 atom stereocenters. The van der Waals surface area contributed by atoms with E-state index in [2.05, 4.69) is 4.90 Å². The summed E-state index contributed by atoms with van der Waals surface area (Å²) in [6.07, 6.45) is -7.58. The van der Waals surface area contributed by atoms with Crippen molar-refractivity contribution in [1.82, 2.24) is 14.7 Å². The van der Waals surface area contributed by atoms with Crippen molar-refractivity contribution in [2.75, 3.05) is 27.3 Å². The van der Waals surface area contributed by atoms with Gasteiger partial charge in [-0.2, -0.15) is 0 Å². The number of ketones is 1. The minimum atomic E-state index is -1.49. The van der Waals surface area contributed by atoms with Crippen molar-refractivity contribution >= 4 is 41.6 Å². The summed E-state index contributed by atoms with van der Waals surface area (Å²) in [4.78, 5) is 74.9. The van der Waals surface area contributed by atoms with Crippen LogP contribution in [0.4, 0.5) is 14.4 Å². The molecule has 354 valence electrons. The molecule has 0 spiro atoms. The number of amides is 3. The van der Waals surface area contributed by atoms with Gasteiger partial charge in [0.05, 0.1) is 35.8 Å². The van der Waals surface area contributed by atoms with E-state index in [-0.39, 0.29) is 50.0 Å². The van der Waals surface area contributed by atoms with E-state index in [1.54, 1.807) is 72.4 Å². The highest BCUT2D eigenvalue weighted by Crippen LogP contribution is 2.44. The average Bonchev–Trinajstić information content (AvgIpc) is 3.71. The number of hydrogen-bond donors (Lipinski definition) is 1. The highest BCUT2D eigenvalue weighted by molar-refractivity contribution is 6.30. The first-order chi connectivity index (χ1) is 29.5. The van der Waals surface area contributed by atoms with Crippen LogP contribution in [0.3, 0.4) is 0 Å². The molecule has 0 aliphatic carbocycles. The van der Waals surface area contributed by atoms with Crippen LogP contribution in [0, 0.1) is 23.7 Å². The van der Waals surface area contributed by atoms with Gasteiger partial charge in [-0.05, 0) is 98.9 Å². The van der Waals surface area contributed by atoms with Gasteiger partial charge >= 0.3 is 24.2 Å². The molecule has 4 saturated heterocycles. The number of hydrogen-bond acceptors (Lipinski definition) is 14. The summed E-state index contributed by atoms with van der Waals surface area (Å²) in [5.74, 6) is -4.68. The van der Waals surface area contributed by atoms with E-state index in [1.807, 2.05) is 40.0 Å². The number of cyclic esters (lactones) is 2. The van der Waals surface area contributed by atoms with E-state index in [4.69, 9.17) is 44.8 Å². The lowest BCUT2D eigenvalue weighted by Gasteiger charge is -2.49. The van der Waals surface area contributed by atoms with Gasteiger partial charge in [0, 0.05) is 48.5 Å². The molecule has 4 aliphatic rings. The Morgan fingerprint density at radius 1 is 1.02 bits per heavy atom. The van der Waals surface area contributed by atoms with Crippen LogP contribution in [0.1, 0.15) is 101 Å². The fraction of sp³-hybridized carbons (Fsp3) is 0.761. The normalized spacial score (nSPS) is 38.3. The van der Waals surface area contributed by atoms with Gasteiger partial charge in [-0.25, -0.2) is 19.3 Å². The summed E-state index contributed by atoms with van der Waals surface area (Å²) in [7, 11) is 3.41. The Balaban J connectivity index is 1.62. The topological polar surface area (TPSA) is 180 Å². The fourth-order valence-electron chi connectivity index (χ4n) is 10.2. The monoisotopic (exact) mass is 907 g/mol. The summed E-state index contributed by atoms with van der Waals surface area (Å²) in [6, 6.07) is 5.47. The highest BCUT2D eigenvalue weighted by Gasteiger charge is 2.61. The molecule has 63 heavy (non-hydrogen) atoms. The molecule has 4 fully saturated rings. The third-order valence-corrected chi connectivity index (χ3v) is 14.3. The van der Waals surface area contributed by atoms with Crippen LogP contribution in [0.2, 0.25) is 5.02 Å². The van der Waals surface area contributed by atoms with Crippen LogP contribution < -0.4 is 0 Å². The molecule has 0 aromatic heterocycles. The lowest BCUT2D eigenvalue weighted by atomic mass is 9.73. The molecule has 3 amide bonds. The van der Waals surface area contributed by atoms with Gasteiger partial charge in [0.25, 0.3) is 0 Å². The van der Waals surface area contributed by atoms with Crippen LogP contribution in [-0.2, 0) is 49.2 Å². The SMILES string of the molecule is CC[C@@H]1OC(=O)[C@H](C)[C@@H](OC(=O)N2C(=O)OC[C@H]2C)[C@H](C)[C@@H](O[C@@H]2O[C@H](C)C[C@H](N(C)C(C)C)[C@H]2O)[C@@](C)(OC)C[C@@H](C)C(=O)[C@@H](C)[C@H]2N(CCc3ccc(Cl)cc3)C(=O)O[C@]12C. The van der Waals surface area contributed by atoms with E-state index in [9.17, 15) is 29.1 Å². The van der Waals surface area contributed by atoms with E-state index in [0.29, 0.717) is 17.9 Å². The van der Waals surface area contributed by atoms with Gasteiger partial charge in [0.15, 0.2) is 11.9 Å². The van der Waals surface area contributed by atoms with Crippen molar-refractivity contribution in [3.05, 3.63) is 34.9 Å². The van der Waals surface area contributed by atoms with Crippen molar-refractivity contribution in [2.24, 2.45) is 23.7 Å². The number of methoxy groups -OCH3 is 1. The molecular weight excluding hydrogens is 838 g/mol. The number of benzene rings is 1. The first kappa shape index (κ1) is 50.5. The highest BCUT2D eigenvalue weighted by atomic mass is 35.5. The number of fused-ring (bicyclic) bond motifs is 1. The number of ether oxygens (including phenoxy) is 7. The quantitative estimate of drug-likeness (QED) is 0.195. The van der Waals surface area contributed by atoms with Crippen molar-refractivity contribution in [1.29, 1.82) is 0 Å². The van der Waals surface area contributed by atoms with Crippen molar-refractivity contribution in [3.63, 3.8) is 0 Å². The number of Topliss-reactive ketones (excluding diaryl/α,β-unsaturated/α-hetero) is 1. The fourth-order valence-corrected chi connectivity index (χ4v) is 10.3. The Labute approximate surface area is 377 Å². The van der Waals surface area contributed by atoms with E-state index in [1.165, 1.54) is 7.11 Å². The largest absolute Gasteiger partial charge is 0.458 e. The van der Waals surface area contributed by atoms with Gasteiger partial charge in [0.2, 0.25) is 0 Å². The first-order valence-corrected chi connectivity index (χ1v) is 22.8. The van der Waals surface area contributed by atoms with E-state index < -0.39 is 102 Å². The smallest absolute Gasteiger partial charge is 0.419 e. The number of carbonyl (C=O) groups is 5. The Morgan fingerprint density at radius 2 is 1.67 bits per heavy atom. The van der Waals surface area contributed by atoms with E-state index in [0.717, 1.165) is 10.5 Å². The lowest BCUT2D eigenvalue weighted by molar-refractivity contribution is -0.302. The minimum absolute atomic E-state index is 0.0436. The number of aliphatic hydroxyl groups excluding tert-OH is 1. The van der Waals surface area contributed by atoms with E-state index >= 15 is 0 Å². The van der Waals surface area contributed by atoms with Crippen LogP contribution >= 0.6 is 11.6 Å². The molecule has 0 unspecified atom stereocenters. The summed E-state index contributed by atoms with van der Waals surface area (Å²) in [6.45, 7) is 19.8. The second-order valence-corrected chi connectivity index (χ2v) is 19.4. The van der Waals surface area contributed by atoms with Crippen molar-refractivity contribution in [2.45, 2.75) is 174 Å². The molecule has 4 heterocycles. The molecule has 0 bridgehead atoms. The Bertz CT molecular complexity index is 1800. The number of halogens is 1. The number of aliphatic hydroxyl groups is 1. The number of imide groups is 1. The molecule has 1 N–H and O–H groups in total. The number of rotatable bonds is 10. The molecule has 17 heteroatoms. The number of nitrogens with zero attached hydrogens (tertiary/aromatic N) is 3. The third kappa shape index (κ3) is 10.5. The maximum Gasteiger partial charge on any atom is 0.419 e. The van der Waals surface area contributed by atoms with Gasteiger partial charge < -0.3 is 38.3 Å². The summed E-state index contributed by atoms with van der Waals surface area (Å²) >= 11 is 6.15. The number of carbonyl (C=O) groups excluding carboxylic acids is 5. The number of esters is 1. The predicted octanol–water partition coefficient (Wildman–Crippen LogP) is 6.64. The molecule has 1 aromatic carbocycles. The van der Waals surface area contributed by atoms with Crippen LogP contribution in [0.5, 0.6) is 0 Å². The maximum absolute atomic E-state index is 15.0. The molecule has 0 saturated carbocycles. The minimum Gasteiger partial charge on any atom is -0.458 e. The standard InChI is InChI=1S/C46H70ClN3O13/c1-14-34-46(11)38(49(42(54)63-46)20-19-31-15-17-32(47)18-16-31)28(7)35(51)25(4)22-45(10,57-13)39(62-41-36(52)33(21-27(6)59-41)48(12)24(2)3)29(8)37(30(9)40(53)60-34)61-44(56)50-26(5)23-58-43(50)55/h15-18,24-30,33-34,36-39,41,52H,14,19-23H2,1-13H3/t25-,26-,27-,28-,29+,30-,33+,34+,36-,37+,38-,39-,41+,45+,46-/m1/s1. The third-order valence-electron chi connectivity index (χ3n) is 14.1. The molecule has 5 rings (SSSR count). The van der Waals surface area contributed by atoms with Crippen LogP contribution in [0.25, 0.3) is 0 Å². The van der Waals surface area contributed by atoms with Gasteiger partial charge in [0.1, 0.15) is 30.7 Å². The molecular formula is C46H70ClN3O13. The molecule has 1 aromatic rings. The molecule has 16 nitrogen and oxygen atoms in total. The zero-order valence-corrected chi connectivity index (χ0v) is 40.0.